The maximum Gasteiger partial charge on any atom is 0.250 e. The summed E-state index contributed by atoms with van der Waals surface area (Å²) in [6, 6.07) is 3.94. The molecule has 0 fully saturated rings. The molecule has 0 aromatic carbocycles. The Kier molecular flexibility index (Phi) is 3.25. The van der Waals surface area contributed by atoms with E-state index in [1.165, 1.54) is 5.56 Å². The number of hydrogen-bond donors (Lipinski definition) is 1. The largest absolute Gasteiger partial charge is 0.318 e. The molecular weight excluding hydrogens is 164 g/mol. The van der Waals surface area contributed by atoms with E-state index in [4.69, 9.17) is 0 Å². The van der Waals surface area contributed by atoms with E-state index in [-0.39, 0.29) is 5.56 Å². The van der Waals surface area contributed by atoms with E-state index in [1.54, 1.807) is 17.7 Å². The van der Waals surface area contributed by atoms with E-state index in [2.05, 4.69) is 12.2 Å². The van der Waals surface area contributed by atoms with Gasteiger partial charge >= 0.3 is 0 Å². The summed E-state index contributed by atoms with van der Waals surface area (Å²) in [6.45, 7) is 2.12. The van der Waals surface area contributed by atoms with Gasteiger partial charge in [-0.25, -0.2) is 0 Å². The zero-order chi connectivity index (χ0) is 9.84. The zero-order valence-corrected chi connectivity index (χ0v) is 8.37. The summed E-state index contributed by atoms with van der Waals surface area (Å²) in [5.41, 5.74) is 1.23. The van der Waals surface area contributed by atoms with Crippen LogP contribution in [0, 0.1) is 0 Å². The first-order valence-corrected chi connectivity index (χ1v) is 4.46. The lowest BCUT2D eigenvalue weighted by Gasteiger charge is -2.10. The van der Waals surface area contributed by atoms with Gasteiger partial charge in [-0.3, -0.25) is 4.79 Å². The lowest BCUT2D eigenvalue weighted by molar-refractivity contribution is 0.605. The molecular formula is C10H16N2O. The molecule has 0 saturated carbocycles. The Morgan fingerprint density at radius 3 is 2.77 bits per heavy atom. The number of hydrogen-bond acceptors (Lipinski definition) is 2. The molecule has 0 spiro atoms. The van der Waals surface area contributed by atoms with Crippen molar-refractivity contribution in [1.29, 1.82) is 0 Å². The van der Waals surface area contributed by atoms with Crippen LogP contribution in [0.15, 0.2) is 23.1 Å². The second-order valence-corrected chi connectivity index (χ2v) is 3.38. The van der Waals surface area contributed by atoms with E-state index in [9.17, 15) is 4.79 Å². The number of nitrogens with zero attached hydrogens (tertiary/aromatic N) is 1. The average Bonchev–Trinajstić information content (AvgIpc) is 2.11. The van der Waals surface area contributed by atoms with Crippen LogP contribution in [-0.4, -0.2) is 17.7 Å². The predicted molar refractivity (Wildman–Crippen MR) is 53.9 cm³/mol. The highest BCUT2D eigenvalue weighted by atomic mass is 16.1. The second-order valence-electron chi connectivity index (χ2n) is 3.38. The first kappa shape index (κ1) is 9.99. The zero-order valence-electron chi connectivity index (χ0n) is 8.37. The first-order valence-electron chi connectivity index (χ1n) is 4.46. The second kappa shape index (κ2) is 4.23. The third-order valence-electron chi connectivity index (χ3n) is 2.18. The fraction of sp³-hybridized carbons (Fsp3) is 0.500. The van der Waals surface area contributed by atoms with Crippen molar-refractivity contribution in [3.63, 3.8) is 0 Å². The van der Waals surface area contributed by atoms with Crippen LogP contribution in [0.2, 0.25) is 0 Å². The maximum absolute atomic E-state index is 11.1. The summed E-state index contributed by atoms with van der Waals surface area (Å²) < 4.78 is 1.61. The Hall–Kier alpha value is -1.09. The van der Waals surface area contributed by atoms with Gasteiger partial charge in [-0.15, -0.1) is 0 Å². The lowest BCUT2D eigenvalue weighted by atomic mass is 10.1. The van der Waals surface area contributed by atoms with E-state index in [0.29, 0.717) is 6.04 Å². The van der Waals surface area contributed by atoms with Crippen molar-refractivity contribution in [1.82, 2.24) is 9.88 Å². The SMILES string of the molecule is CNC(C)Cc1ccc(=O)n(C)c1. The minimum Gasteiger partial charge on any atom is -0.318 e. The molecule has 72 valence electrons. The highest BCUT2D eigenvalue weighted by Gasteiger charge is 2.00. The molecule has 0 aliphatic carbocycles. The average molecular weight is 180 g/mol. The van der Waals surface area contributed by atoms with Gasteiger partial charge in [-0.05, 0) is 26.0 Å². The van der Waals surface area contributed by atoms with Crippen LogP contribution >= 0.6 is 0 Å². The first-order chi connectivity index (χ1) is 6.13. The van der Waals surface area contributed by atoms with Gasteiger partial charge < -0.3 is 9.88 Å². The molecule has 0 aliphatic rings. The maximum atomic E-state index is 11.1. The molecule has 0 aliphatic heterocycles. The van der Waals surface area contributed by atoms with Crippen LogP contribution in [0.3, 0.4) is 0 Å². The van der Waals surface area contributed by atoms with Crippen molar-refractivity contribution in [3.05, 3.63) is 34.2 Å². The third kappa shape index (κ3) is 2.70. The van der Waals surface area contributed by atoms with Gasteiger partial charge in [0.1, 0.15) is 0 Å². The molecule has 1 N–H and O–H groups in total. The van der Waals surface area contributed by atoms with Crippen molar-refractivity contribution in [3.8, 4) is 0 Å². The quantitative estimate of drug-likeness (QED) is 0.736. The molecule has 1 aromatic heterocycles. The van der Waals surface area contributed by atoms with Gasteiger partial charge in [-0.1, -0.05) is 6.07 Å². The molecule has 1 rings (SSSR count). The van der Waals surface area contributed by atoms with Crippen LogP contribution in [0.5, 0.6) is 0 Å². The van der Waals surface area contributed by atoms with Gasteiger partial charge in [0.05, 0.1) is 0 Å². The van der Waals surface area contributed by atoms with Crippen LogP contribution in [0.1, 0.15) is 12.5 Å². The van der Waals surface area contributed by atoms with E-state index >= 15 is 0 Å². The van der Waals surface area contributed by atoms with Crippen LogP contribution in [0.4, 0.5) is 0 Å². The van der Waals surface area contributed by atoms with Crippen LogP contribution in [-0.2, 0) is 13.5 Å². The fourth-order valence-corrected chi connectivity index (χ4v) is 1.23. The molecule has 0 saturated heterocycles. The fourth-order valence-electron chi connectivity index (χ4n) is 1.23. The van der Waals surface area contributed by atoms with Crippen molar-refractivity contribution < 1.29 is 0 Å². The highest BCUT2D eigenvalue weighted by molar-refractivity contribution is 5.11. The van der Waals surface area contributed by atoms with Crippen molar-refractivity contribution >= 4 is 0 Å². The van der Waals surface area contributed by atoms with E-state index in [0.717, 1.165) is 6.42 Å². The Morgan fingerprint density at radius 2 is 2.23 bits per heavy atom. The number of nitrogens with one attached hydrogen (secondary N) is 1. The topological polar surface area (TPSA) is 34.0 Å². The van der Waals surface area contributed by atoms with Gasteiger partial charge in [0.15, 0.2) is 0 Å². The molecule has 1 atom stereocenters. The Balaban J connectivity index is 2.79. The van der Waals surface area contributed by atoms with Crippen molar-refractivity contribution in [2.24, 2.45) is 7.05 Å². The minimum atomic E-state index is 0.0425. The molecule has 1 heterocycles. The van der Waals surface area contributed by atoms with Gasteiger partial charge in [0, 0.05) is 25.4 Å². The molecule has 0 radical (unpaired) electrons. The number of aromatic nitrogens is 1. The molecule has 13 heavy (non-hydrogen) atoms. The van der Waals surface area contributed by atoms with E-state index in [1.807, 2.05) is 19.3 Å². The predicted octanol–water partition coefficient (Wildman–Crippen LogP) is 0.536. The van der Waals surface area contributed by atoms with Crippen LogP contribution in [0.25, 0.3) is 0 Å². The number of aryl methyl sites for hydroxylation is 1. The monoisotopic (exact) mass is 180 g/mol. The molecule has 0 amide bonds. The summed E-state index contributed by atoms with van der Waals surface area (Å²) in [5, 5.41) is 3.16. The Labute approximate surface area is 78.4 Å². The molecule has 3 heteroatoms. The highest BCUT2D eigenvalue weighted by Crippen LogP contribution is 1.99. The summed E-state index contributed by atoms with van der Waals surface area (Å²) in [4.78, 5) is 11.1. The Morgan fingerprint density at radius 1 is 1.54 bits per heavy atom. The lowest BCUT2D eigenvalue weighted by Crippen LogP contribution is -2.24. The summed E-state index contributed by atoms with van der Waals surface area (Å²) in [6.07, 6.45) is 2.83. The number of likely N-dealkylation sites (N-methyl/N-ethyl adjacent to an activating group) is 1. The molecule has 0 bridgehead atoms. The summed E-state index contributed by atoms with van der Waals surface area (Å²) in [5.74, 6) is 0. The van der Waals surface area contributed by atoms with Gasteiger partial charge in [0.25, 0.3) is 0 Å². The molecule has 3 nitrogen and oxygen atoms in total. The number of rotatable bonds is 3. The molecule has 1 aromatic rings. The summed E-state index contributed by atoms with van der Waals surface area (Å²) in [7, 11) is 3.71. The standard InChI is InChI=1S/C10H16N2O/c1-8(11-2)6-9-4-5-10(13)12(3)7-9/h4-5,7-8,11H,6H2,1-3H3. The Bertz CT molecular complexity index is 330. The van der Waals surface area contributed by atoms with Crippen LogP contribution < -0.4 is 10.9 Å². The van der Waals surface area contributed by atoms with Crippen molar-refractivity contribution in [2.45, 2.75) is 19.4 Å². The normalized spacial score (nSPS) is 12.8. The van der Waals surface area contributed by atoms with E-state index < -0.39 is 0 Å². The molecule has 1 unspecified atom stereocenters. The smallest absolute Gasteiger partial charge is 0.250 e. The minimum absolute atomic E-state index is 0.0425. The van der Waals surface area contributed by atoms with Gasteiger partial charge in [-0.2, -0.15) is 0 Å². The third-order valence-corrected chi connectivity index (χ3v) is 2.18. The van der Waals surface area contributed by atoms with Crippen molar-refractivity contribution in [2.75, 3.05) is 7.05 Å². The van der Waals surface area contributed by atoms with Gasteiger partial charge in [0.2, 0.25) is 5.56 Å². The number of pyridine rings is 1. The summed E-state index contributed by atoms with van der Waals surface area (Å²) >= 11 is 0.